The Morgan fingerprint density at radius 1 is 0.645 bits per heavy atom. The van der Waals surface area contributed by atoms with Crippen molar-refractivity contribution in [2.24, 2.45) is 0 Å². The van der Waals surface area contributed by atoms with Crippen molar-refractivity contribution in [2.75, 3.05) is 6.26 Å². The van der Waals surface area contributed by atoms with Crippen LogP contribution in [-0.2, 0) is 10.1 Å². The molecule has 14 heteroatoms. The van der Waals surface area contributed by atoms with Gasteiger partial charge in [0.05, 0.1) is 9.79 Å². The van der Waals surface area contributed by atoms with Crippen molar-refractivity contribution < 1.29 is 51.6 Å². The van der Waals surface area contributed by atoms with Gasteiger partial charge < -0.3 is 0 Å². The van der Waals surface area contributed by atoms with E-state index in [1.54, 1.807) is 0 Å². The molecule has 3 nitrogen and oxygen atoms in total. The van der Waals surface area contributed by atoms with E-state index in [0.717, 1.165) is 6.26 Å². The lowest BCUT2D eigenvalue weighted by Crippen LogP contribution is -2.63. The fourth-order valence-electron chi connectivity index (χ4n) is 2.36. The van der Waals surface area contributed by atoms with E-state index < -0.39 is 43.7 Å². The van der Waals surface area contributed by atoms with Crippen molar-refractivity contribution in [3.05, 3.63) is 60.7 Å². The Hall–Kier alpha value is -1.93. The van der Waals surface area contributed by atoms with Gasteiger partial charge in [0.15, 0.2) is 0 Å². The molecule has 31 heavy (non-hydrogen) atoms. The molecule has 2 aromatic carbocycles. The molecule has 0 heterocycles. The molecule has 0 aliphatic heterocycles. The molecule has 174 valence electrons. The molecule has 1 N–H and O–H groups in total. The van der Waals surface area contributed by atoms with Gasteiger partial charge in [-0.1, -0.05) is 36.4 Å². The molecule has 0 unspecified atom stereocenters. The van der Waals surface area contributed by atoms with E-state index in [9.17, 15) is 47.9 Å². The molecule has 0 amide bonds. The Kier molecular flexibility index (Phi) is 6.44. The first kappa shape index (κ1) is 25.3. The molecule has 0 radical (unpaired) electrons. The normalized spacial score (nSPS) is 15.0. The number of rotatable bonds is 7. The Labute approximate surface area is 172 Å². The molecule has 0 saturated carbocycles. The SMILES string of the molecule is CS([OH+]S(=O)(=O)C(F)(F)C(F)(F)C(F)(F)C(F)(F)F)(c1ccccc1)c1ccccc1. The van der Waals surface area contributed by atoms with Gasteiger partial charge in [-0.25, -0.2) is 0 Å². The smallest absolute Gasteiger partial charge is 0.261 e. The molecule has 0 bridgehead atoms. The highest BCUT2D eigenvalue weighted by Crippen LogP contribution is 2.62. The Balaban J connectivity index is 2.64. The second-order valence-electron chi connectivity index (χ2n) is 6.21. The zero-order chi connectivity index (χ0) is 23.9. The van der Waals surface area contributed by atoms with E-state index >= 15 is 0 Å². The molecule has 0 fully saturated rings. The summed E-state index contributed by atoms with van der Waals surface area (Å²) in [6.07, 6.45) is -6.16. The van der Waals surface area contributed by atoms with Gasteiger partial charge in [0, 0.05) is 16.6 Å². The van der Waals surface area contributed by atoms with E-state index in [0.29, 0.717) is 0 Å². The first-order chi connectivity index (χ1) is 13.9. The lowest BCUT2D eigenvalue weighted by atomic mass is 10.1. The molecule has 0 atom stereocenters. The number of halogens is 9. The van der Waals surface area contributed by atoms with Gasteiger partial charge >= 0.3 is 33.4 Å². The molecular weight excluding hydrogens is 487 g/mol. The second-order valence-corrected chi connectivity index (χ2v) is 11.0. The van der Waals surface area contributed by atoms with Gasteiger partial charge in [-0.05, 0) is 24.3 Å². The van der Waals surface area contributed by atoms with Crippen molar-refractivity contribution in [2.45, 2.75) is 33.1 Å². The van der Waals surface area contributed by atoms with Crippen LogP contribution in [0.3, 0.4) is 0 Å². The first-order valence-corrected chi connectivity index (χ1v) is 11.4. The van der Waals surface area contributed by atoms with E-state index in [2.05, 4.69) is 3.63 Å². The van der Waals surface area contributed by atoms with Crippen LogP contribution in [0.1, 0.15) is 0 Å². The zero-order valence-corrected chi connectivity index (χ0v) is 16.9. The monoisotopic (exact) mass is 501 g/mol. The van der Waals surface area contributed by atoms with Crippen molar-refractivity contribution in [3.63, 3.8) is 0 Å². The lowest BCUT2D eigenvalue weighted by Gasteiger charge is -2.35. The lowest BCUT2D eigenvalue weighted by molar-refractivity contribution is -0.382. The van der Waals surface area contributed by atoms with E-state index in [-0.39, 0.29) is 9.79 Å². The predicted molar refractivity (Wildman–Crippen MR) is 95.4 cm³/mol. The molecule has 0 aliphatic carbocycles. The molecule has 2 aromatic rings. The van der Waals surface area contributed by atoms with Gasteiger partial charge in [-0.3, -0.25) is 3.63 Å². The summed E-state index contributed by atoms with van der Waals surface area (Å²) in [6, 6.07) is 13.2. The minimum absolute atomic E-state index is 0.0496. The first-order valence-electron chi connectivity index (χ1n) is 7.99. The van der Waals surface area contributed by atoms with Crippen LogP contribution in [0, 0.1) is 0 Å². The van der Waals surface area contributed by atoms with Crippen molar-refractivity contribution in [3.8, 4) is 0 Å². The zero-order valence-electron chi connectivity index (χ0n) is 15.3. The Morgan fingerprint density at radius 3 is 1.32 bits per heavy atom. The van der Waals surface area contributed by atoms with Crippen LogP contribution in [0.5, 0.6) is 0 Å². The fraction of sp³-hybridized carbons (Fsp3) is 0.294. The maximum absolute atomic E-state index is 14.2. The van der Waals surface area contributed by atoms with Crippen molar-refractivity contribution >= 4 is 20.4 Å². The third kappa shape index (κ3) is 4.12. The maximum Gasteiger partial charge on any atom is 0.486 e. The van der Waals surface area contributed by atoms with Crippen LogP contribution in [0.15, 0.2) is 70.5 Å². The Bertz CT molecular complexity index is 969. The van der Waals surface area contributed by atoms with Crippen LogP contribution >= 0.6 is 10.3 Å². The molecule has 0 saturated heterocycles. The molecule has 2 rings (SSSR count). The van der Waals surface area contributed by atoms with Crippen LogP contribution in [0.25, 0.3) is 0 Å². The largest absolute Gasteiger partial charge is 0.486 e. The van der Waals surface area contributed by atoms with Crippen molar-refractivity contribution in [1.29, 1.82) is 0 Å². The fourth-order valence-corrected chi connectivity index (χ4v) is 7.09. The van der Waals surface area contributed by atoms with Gasteiger partial charge in [0.25, 0.3) is 0 Å². The number of benzene rings is 2. The summed E-state index contributed by atoms with van der Waals surface area (Å²) in [4.78, 5) is -0.0991. The average Bonchev–Trinajstić information content (AvgIpc) is 2.67. The maximum atomic E-state index is 14.2. The van der Waals surface area contributed by atoms with Gasteiger partial charge in [-0.15, -0.1) is 8.42 Å². The summed E-state index contributed by atoms with van der Waals surface area (Å²) in [6.45, 7) is 0. The highest BCUT2D eigenvalue weighted by atomic mass is 32.3. The topological polar surface area (TPSA) is 46.9 Å². The van der Waals surface area contributed by atoms with E-state index in [4.69, 9.17) is 0 Å². The van der Waals surface area contributed by atoms with E-state index in [1.807, 2.05) is 0 Å². The number of hydrogen-bond acceptors (Lipinski definition) is 2. The van der Waals surface area contributed by atoms with E-state index in [1.165, 1.54) is 60.7 Å². The summed E-state index contributed by atoms with van der Waals surface area (Å²) < 4.78 is 146. The quantitative estimate of drug-likeness (QED) is 0.254. The summed E-state index contributed by atoms with van der Waals surface area (Å²) in [5, 5.41) is -6.88. The highest BCUT2D eigenvalue weighted by Gasteiger charge is 2.87. The predicted octanol–water partition coefficient (Wildman–Crippen LogP) is 6.30. The Morgan fingerprint density at radius 2 is 1.00 bits per heavy atom. The summed E-state index contributed by atoms with van der Waals surface area (Å²) in [7, 11) is -10.4. The van der Waals surface area contributed by atoms with Crippen LogP contribution in [0.4, 0.5) is 39.5 Å². The van der Waals surface area contributed by atoms with Crippen molar-refractivity contribution in [1.82, 2.24) is 0 Å². The summed E-state index contributed by atoms with van der Waals surface area (Å²) in [5.41, 5.74) is 0. The van der Waals surface area contributed by atoms with Crippen LogP contribution in [-0.4, -0.2) is 41.6 Å². The van der Waals surface area contributed by atoms with Crippen LogP contribution in [0.2, 0.25) is 0 Å². The average molecular weight is 501 g/mol. The third-order valence-corrected chi connectivity index (χ3v) is 9.35. The van der Waals surface area contributed by atoms with Gasteiger partial charge in [0.1, 0.15) is 0 Å². The standard InChI is InChI=1S/C17H13F9O3S2/c1-30(12-8-4-2-5-9-12,13-10-6-3-7-11-13)29-31(27,28)17(25,26)15(20,21)14(18,19)16(22,23)24/h2-11H,1H3/p+1. The van der Waals surface area contributed by atoms with Gasteiger partial charge in [0.2, 0.25) is 0 Å². The molecule has 0 spiro atoms. The molecule has 0 aliphatic rings. The summed E-state index contributed by atoms with van der Waals surface area (Å²) >= 11 is 0. The third-order valence-electron chi connectivity index (χ3n) is 4.09. The molecular formula is C17H14F9O3S2+. The second kappa shape index (κ2) is 7.89. The minimum Gasteiger partial charge on any atom is -0.261 e. The van der Waals surface area contributed by atoms with Gasteiger partial charge in [-0.2, -0.15) is 39.5 Å². The highest BCUT2D eigenvalue weighted by molar-refractivity contribution is 8.32. The summed E-state index contributed by atoms with van der Waals surface area (Å²) in [5.74, 6) is -14.7. The minimum atomic E-state index is -7.35. The molecule has 0 aromatic heterocycles. The van der Waals surface area contributed by atoms with Crippen LogP contribution < -0.4 is 0 Å². The number of alkyl halides is 9. The number of hydrogen-bond donors (Lipinski definition) is 0.